The average molecular weight is 349 g/mol. The Bertz CT molecular complexity index is 659. The van der Waals surface area contributed by atoms with Crippen LogP contribution in [-0.4, -0.2) is 62.3 Å². The minimum Gasteiger partial charge on any atom is -0.469 e. The van der Waals surface area contributed by atoms with Gasteiger partial charge >= 0.3 is 11.9 Å². The summed E-state index contributed by atoms with van der Waals surface area (Å²) in [6.07, 6.45) is 0.349. The molecule has 0 fully saturated rings. The van der Waals surface area contributed by atoms with E-state index in [4.69, 9.17) is 9.47 Å². The van der Waals surface area contributed by atoms with Gasteiger partial charge in [-0.25, -0.2) is 4.79 Å². The van der Waals surface area contributed by atoms with Crippen LogP contribution in [0.2, 0.25) is 0 Å². The van der Waals surface area contributed by atoms with E-state index in [2.05, 4.69) is 4.74 Å². The van der Waals surface area contributed by atoms with E-state index < -0.39 is 17.5 Å². The number of amides is 1. The molecule has 7 heteroatoms. The van der Waals surface area contributed by atoms with Crippen LogP contribution in [0.25, 0.3) is 0 Å². The van der Waals surface area contributed by atoms with Gasteiger partial charge in [-0.05, 0) is 18.6 Å². The maximum Gasteiger partial charge on any atom is 0.339 e. The molecule has 1 atom stereocenters. The number of ether oxygens (including phenoxy) is 3. The number of methoxy groups -OCH3 is 2. The minimum atomic E-state index is -1.31. The smallest absolute Gasteiger partial charge is 0.339 e. The summed E-state index contributed by atoms with van der Waals surface area (Å²) in [5.74, 6) is -1.28. The number of cyclic esters (lactones) is 1. The number of rotatable bonds is 7. The van der Waals surface area contributed by atoms with E-state index in [0.717, 1.165) is 5.56 Å². The van der Waals surface area contributed by atoms with Gasteiger partial charge in [-0.15, -0.1) is 0 Å². The lowest BCUT2D eigenvalue weighted by atomic mass is 9.89. The van der Waals surface area contributed by atoms with Crippen LogP contribution in [0, 0.1) is 0 Å². The topological polar surface area (TPSA) is 82.1 Å². The number of esters is 2. The van der Waals surface area contributed by atoms with Crippen molar-refractivity contribution in [2.75, 3.05) is 33.9 Å². The van der Waals surface area contributed by atoms with E-state index in [1.165, 1.54) is 19.1 Å². The number of benzene rings is 1. The molecule has 0 aromatic heterocycles. The fraction of sp³-hybridized carbons (Fsp3) is 0.500. The summed E-state index contributed by atoms with van der Waals surface area (Å²) in [6, 6.07) is 7.07. The highest BCUT2D eigenvalue weighted by Crippen LogP contribution is 2.29. The van der Waals surface area contributed by atoms with Crippen LogP contribution >= 0.6 is 0 Å². The lowest BCUT2D eigenvalue weighted by molar-refractivity contribution is -0.153. The molecule has 0 saturated carbocycles. The fourth-order valence-corrected chi connectivity index (χ4v) is 2.83. The zero-order valence-corrected chi connectivity index (χ0v) is 14.7. The maximum absolute atomic E-state index is 13.0. The summed E-state index contributed by atoms with van der Waals surface area (Å²) in [5.41, 5.74) is -0.0602. The van der Waals surface area contributed by atoms with E-state index in [1.807, 2.05) is 12.1 Å². The molecule has 1 amide bonds. The molecular weight excluding hydrogens is 326 g/mol. The van der Waals surface area contributed by atoms with Crippen molar-refractivity contribution in [3.8, 4) is 0 Å². The summed E-state index contributed by atoms with van der Waals surface area (Å²) in [4.78, 5) is 38.2. The molecule has 0 aliphatic carbocycles. The van der Waals surface area contributed by atoms with Crippen LogP contribution in [0.5, 0.6) is 0 Å². The van der Waals surface area contributed by atoms with E-state index in [0.29, 0.717) is 18.7 Å². The second kappa shape index (κ2) is 8.11. The van der Waals surface area contributed by atoms with Gasteiger partial charge in [0.2, 0.25) is 0 Å². The minimum absolute atomic E-state index is 0.0621. The Morgan fingerprint density at radius 2 is 1.96 bits per heavy atom. The second-order valence-electron chi connectivity index (χ2n) is 6.07. The molecule has 0 saturated heterocycles. The zero-order chi connectivity index (χ0) is 18.4. The predicted octanol–water partition coefficient (Wildman–Crippen LogP) is 1.20. The molecule has 136 valence electrons. The van der Waals surface area contributed by atoms with Crippen molar-refractivity contribution >= 4 is 17.8 Å². The number of carbonyl (C=O) groups excluding carboxylic acids is 3. The van der Waals surface area contributed by atoms with E-state index in [1.54, 1.807) is 19.1 Å². The normalized spacial score (nSPS) is 18.9. The van der Waals surface area contributed by atoms with Gasteiger partial charge in [-0.2, -0.15) is 0 Å². The Morgan fingerprint density at radius 1 is 1.24 bits per heavy atom. The lowest BCUT2D eigenvalue weighted by Gasteiger charge is -2.37. The molecule has 1 aromatic rings. The first-order chi connectivity index (χ1) is 11.9. The third-order valence-corrected chi connectivity index (χ3v) is 4.20. The monoisotopic (exact) mass is 349 g/mol. The molecule has 2 rings (SSSR count). The first-order valence-electron chi connectivity index (χ1n) is 8.07. The molecule has 0 bridgehead atoms. The number of hydrogen-bond donors (Lipinski definition) is 0. The van der Waals surface area contributed by atoms with Gasteiger partial charge in [0.25, 0.3) is 5.91 Å². The van der Waals surface area contributed by atoms with Crippen molar-refractivity contribution in [2.24, 2.45) is 0 Å². The van der Waals surface area contributed by atoms with Crippen molar-refractivity contribution in [1.29, 1.82) is 0 Å². The van der Waals surface area contributed by atoms with Crippen LogP contribution in [0.1, 0.15) is 29.3 Å². The molecule has 1 heterocycles. The summed E-state index contributed by atoms with van der Waals surface area (Å²) >= 11 is 0. The Morgan fingerprint density at radius 3 is 2.64 bits per heavy atom. The van der Waals surface area contributed by atoms with Crippen LogP contribution in [0.3, 0.4) is 0 Å². The van der Waals surface area contributed by atoms with Gasteiger partial charge in [-0.3, -0.25) is 9.59 Å². The van der Waals surface area contributed by atoms with Crippen molar-refractivity contribution < 1.29 is 28.6 Å². The SMILES string of the molecule is COCCN(CCC(=O)OC)C(=O)[C@]1(C)Cc2ccccc2C(=O)O1. The van der Waals surface area contributed by atoms with Gasteiger partial charge in [0.15, 0.2) is 5.60 Å². The number of fused-ring (bicyclic) bond motifs is 1. The molecular formula is C18H23NO6. The largest absolute Gasteiger partial charge is 0.469 e. The zero-order valence-electron chi connectivity index (χ0n) is 14.7. The Labute approximate surface area is 146 Å². The number of nitrogens with zero attached hydrogens (tertiary/aromatic N) is 1. The van der Waals surface area contributed by atoms with Gasteiger partial charge in [0.05, 0.1) is 25.7 Å². The first-order valence-corrected chi connectivity index (χ1v) is 8.07. The predicted molar refractivity (Wildman–Crippen MR) is 89.1 cm³/mol. The third kappa shape index (κ3) is 4.36. The average Bonchev–Trinajstić information content (AvgIpc) is 2.61. The molecule has 0 spiro atoms. The summed E-state index contributed by atoms with van der Waals surface area (Å²) in [5, 5.41) is 0. The van der Waals surface area contributed by atoms with Gasteiger partial charge in [-0.1, -0.05) is 18.2 Å². The van der Waals surface area contributed by atoms with Crippen molar-refractivity contribution in [1.82, 2.24) is 4.90 Å². The molecule has 1 aliphatic rings. The highest BCUT2D eigenvalue weighted by molar-refractivity contribution is 5.97. The van der Waals surface area contributed by atoms with E-state index >= 15 is 0 Å². The first kappa shape index (κ1) is 18.9. The van der Waals surface area contributed by atoms with E-state index in [9.17, 15) is 14.4 Å². The van der Waals surface area contributed by atoms with Gasteiger partial charge < -0.3 is 19.1 Å². The fourth-order valence-electron chi connectivity index (χ4n) is 2.83. The van der Waals surface area contributed by atoms with E-state index in [-0.39, 0.29) is 25.3 Å². The summed E-state index contributed by atoms with van der Waals surface area (Å²) in [6.45, 7) is 2.37. The van der Waals surface area contributed by atoms with Crippen LogP contribution < -0.4 is 0 Å². The molecule has 0 N–H and O–H groups in total. The Balaban J connectivity index is 2.19. The van der Waals surface area contributed by atoms with Crippen LogP contribution in [-0.2, 0) is 30.2 Å². The molecule has 7 nitrogen and oxygen atoms in total. The Hall–Kier alpha value is -2.41. The Kier molecular flexibility index (Phi) is 6.14. The maximum atomic E-state index is 13.0. The highest BCUT2D eigenvalue weighted by Gasteiger charge is 2.44. The summed E-state index contributed by atoms with van der Waals surface area (Å²) in [7, 11) is 2.83. The highest BCUT2D eigenvalue weighted by atomic mass is 16.6. The number of carbonyl (C=O) groups is 3. The van der Waals surface area contributed by atoms with Gasteiger partial charge in [0, 0.05) is 26.6 Å². The molecule has 25 heavy (non-hydrogen) atoms. The van der Waals surface area contributed by atoms with Crippen molar-refractivity contribution in [3.63, 3.8) is 0 Å². The standard InChI is InChI=1S/C18H23NO6/c1-18(12-13-6-4-5-7-14(13)16(21)25-18)17(22)19(10-11-23-2)9-8-15(20)24-3/h4-7H,8-12H2,1-3H3/t18-/m0/s1. The molecule has 1 aromatic carbocycles. The third-order valence-electron chi connectivity index (χ3n) is 4.20. The van der Waals surface area contributed by atoms with Crippen molar-refractivity contribution in [3.05, 3.63) is 35.4 Å². The second-order valence-corrected chi connectivity index (χ2v) is 6.07. The molecule has 1 aliphatic heterocycles. The quantitative estimate of drug-likeness (QED) is 0.688. The van der Waals surface area contributed by atoms with Gasteiger partial charge in [0.1, 0.15) is 0 Å². The summed E-state index contributed by atoms with van der Waals surface area (Å²) < 4.78 is 15.1. The number of hydrogen-bond acceptors (Lipinski definition) is 6. The lowest BCUT2D eigenvalue weighted by Crippen LogP contribution is -2.54. The van der Waals surface area contributed by atoms with Crippen LogP contribution in [0.4, 0.5) is 0 Å². The van der Waals surface area contributed by atoms with Crippen LogP contribution in [0.15, 0.2) is 24.3 Å². The molecule has 0 radical (unpaired) electrons. The molecule has 0 unspecified atom stereocenters. The van der Waals surface area contributed by atoms with Crippen molar-refractivity contribution in [2.45, 2.75) is 25.4 Å².